The molecule has 0 saturated carbocycles. The molecule has 0 bridgehead atoms. The third-order valence-corrected chi connectivity index (χ3v) is 2.81. The van der Waals surface area contributed by atoms with E-state index in [9.17, 15) is 9.90 Å². The molecule has 2 unspecified atom stereocenters. The number of likely N-dealkylation sites (tertiary alicyclic amines) is 1. The number of carboxylic acid groups (broad SMARTS) is 1. The molecule has 1 saturated heterocycles. The average Bonchev–Trinajstić information content (AvgIpc) is 2.10. The van der Waals surface area contributed by atoms with Crippen LogP contribution in [0.1, 0.15) is 26.2 Å². The van der Waals surface area contributed by atoms with Gasteiger partial charge >= 0.3 is 5.97 Å². The monoisotopic (exact) mass is 201 g/mol. The Balaban J connectivity index is 2.16. The van der Waals surface area contributed by atoms with Crippen LogP contribution in [0.4, 0.5) is 0 Å². The van der Waals surface area contributed by atoms with E-state index in [1.807, 2.05) is 6.92 Å². The minimum atomic E-state index is -0.727. The Bertz CT molecular complexity index is 196. The number of hydrogen-bond donors (Lipinski definition) is 2. The third-order valence-electron chi connectivity index (χ3n) is 2.81. The summed E-state index contributed by atoms with van der Waals surface area (Å²) in [6, 6.07) is 0. The van der Waals surface area contributed by atoms with E-state index < -0.39 is 5.97 Å². The highest BCUT2D eigenvalue weighted by Gasteiger charge is 2.23. The lowest BCUT2D eigenvalue weighted by molar-refractivity contribution is -0.137. The summed E-state index contributed by atoms with van der Waals surface area (Å²) in [5.74, 6) is -0.413. The molecule has 0 aliphatic carbocycles. The summed E-state index contributed by atoms with van der Waals surface area (Å²) in [4.78, 5) is 12.5. The van der Waals surface area contributed by atoms with Crippen LogP contribution in [0.25, 0.3) is 0 Å². The van der Waals surface area contributed by atoms with Gasteiger partial charge < -0.3 is 15.1 Å². The highest BCUT2D eigenvalue weighted by Crippen LogP contribution is 2.16. The van der Waals surface area contributed by atoms with Crippen molar-refractivity contribution in [1.29, 1.82) is 0 Å². The number of nitrogens with zero attached hydrogens (tertiary/aromatic N) is 1. The fraction of sp³-hybridized carbons (Fsp3) is 0.900. The molecule has 1 heterocycles. The maximum Gasteiger partial charge on any atom is 0.303 e. The second-order valence-electron chi connectivity index (χ2n) is 4.13. The van der Waals surface area contributed by atoms with Gasteiger partial charge in [0.05, 0.1) is 6.10 Å². The van der Waals surface area contributed by atoms with Gasteiger partial charge in [-0.3, -0.25) is 4.79 Å². The van der Waals surface area contributed by atoms with Crippen molar-refractivity contribution in [1.82, 2.24) is 4.90 Å². The Kier molecular flexibility index (Phi) is 4.35. The molecule has 1 fully saturated rings. The van der Waals surface area contributed by atoms with Gasteiger partial charge in [0.2, 0.25) is 0 Å². The summed E-state index contributed by atoms with van der Waals surface area (Å²) in [5, 5.41) is 18.0. The molecule has 4 heteroatoms. The van der Waals surface area contributed by atoms with E-state index in [1.165, 1.54) is 0 Å². The number of hydrogen-bond acceptors (Lipinski definition) is 3. The number of piperidine rings is 1. The van der Waals surface area contributed by atoms with Crippen LogP contribution in [-0.2, 0) is 4.79 Å². The first-order valence-corrected chi connectivity index (χ1v) is 5.22. The summed E-state index contributed by atoms with van der Waals surface area (Å²) in [6.45, 7) is 4.66. The van der Waals surface area contributed by atoms with E-state index in [-0.39, 0.29) is 12.5 Å². The Morgan fingerprint density at radius 1 is 1.57 bits per heavy atom. The minimum Gasteiger partial charge on any atom is -0.481 e. The summed E-state index contributed by atoms with van der Waals surface area (Å²) in [7, 11) is 0. The van der Waals surface area contributed by atoms with Gasteiger partial charge in [0.25, 0.3) is 0 Å². The van der Waals surface area contributed by atoms with E-state index in [1.54, 1.807) is 0 Å². The summed E-state index contributed by atoms with van der Waals surface area (Å²) in [6.07, 6.45) is 1.59. The van der Waals surface area contributed by atoms with Crippen LogP contribution in [0.2, 0.25) is 0 Å². The van der Waals surface area contributed by atoms with Gasteiger partial charge in [-0.2, -0.15) is 0 Å². The molecule has 0 aromatic carbocycles. The van der Waals surface area contributed by atoms with Crippen LogP contribution < -0.4 is 0 Å². The summed E-state index contributed by atoms with van der Waals surface area (Å²) >= 11 is 0. The second-order valence-corrected chi connectivity index (χ2v) is 4.13. The van der Waals surface area contributed by atoms with Gasteiger partial charge in [0.15, 0.2) is 0 Å². The van der Waals surface area contributed by atoms with Crippen molar-refractivity contribution in [3.05, 3.63) is 0 Å². The second kappa shape index (κ2) is 5.32. The Labute approximate surface area is 84.5 Å². The quantitative estimate of drug-likeness (QED) is 0.697. The molecular weight excluding hydrogens is 182 g/mol. The van der Waals surface area contributed by atoms with Crippen LogP contribution in [0.15, 0.2) is 0 Å². The number of rotatable bonds is 4. The fourth-order valence-electron chi connectivity index (χ4n) is 1.88. The van der Waals surface area contributed by atoms with Crippen molar-refractivity contribution in [2.75, 3.05) is 19.6 Å². The Morgan fingerprint density at radius 2 is 2.29 bits per heavy atom. The van der Waals surface area contributed by atoms with Crippen molar-refractivity contribution >= 4 is 5.97 Å². The van der Waals surface area contributed by atoms with E-state index >= 15 is 0 Å². The molecule has 2 atom stereocenters. The lowest BCUT2D eigenvalue weighted by Gasteiger charge is -2.34. The predicted molar refractivity (Wildman–Crippen MR) is 53.1 cm³/mol. The Morgan fingerprint density at radius 3 is 2.86 bits per heavy atom. The van der Waals surface area contributed by atoms with Crippen molar-refractivity contribution in [3.8, 4) is 0 Å². The molecule has 82 valence electrons. The van der Waals surface area contributed by atoms with Crippen molar-refractivity contribution in [3.63, 3.8) is 0 Å². The zero-order valence-corrected chi connectivity index (χ0v) is 8.65. The molecule has 0 spiro atoms. The van der Waals surface area contributed by atoms with Crippen molar-refractivity contribution in [2.24, 2.45) is 5.92 Å². The van der Waals surface area contributed by atoms with Crippen LogP contribution in [-0.4, -0.2) is 46.8 Å². The van der Waals surface area contributed by atoms with Gasteiger partial charge in [-0.25, -0.2) is 0 Å². The smallest absolute Gasteiger partial charge is 0.303 e. The lowest BCUT2D eigenvalue weighted by atomic mass is 9.96. The van der Waals surface area contributed by atoms with Crippen LogP contribution in [0.3, 0.4) is 0 Å². The van der Waals surface area contributed by atoms with Crippen molar-refractivity contribution in [2.45, 2.75) is 32.3 Å². The fourth-order valence-corrected chi connectivity index (χ4v) is 1.88. The zero-order chi connectivity index (χ0) is 10.6. The molecule has 1 rings (SSSR count). The van der Waals surface area contributed by atoms with Gasteiger partial charge in [-0.05, 0) is 25.3 Å². The maximum absolute atomic E-state index is 10.3. The summed E-state index contributed by atoms with van der Waals surface area (Å²) < 4.78 is 0. The number of carboxylic acids is 1. The van der Waals surface area contributed by atoms with Gasteiger partial charge in [-0.15, -0.1) is 0 Å². The topological polar surface area (TPSA) is 60.8 Å². The number of aliphatic carboxylic acids is 1. The van der Waals surface area contributed by atoms with Gasteiger partial charge in [0.1, 0.15) is 0 Å². The predicted octanol–water partition coefficient (Wildman–Crippen LogP) is 0.554. The van der Waals surface area contributed by atoms with E-state index in [0.29, 0.717) is 12.3 Å². The van der Waals surface area contributed by atoms with E-state index in [0.717, 1.165) is 26.1 Å². The van der Waals surface area contributed by atoms with E-state index in [2.05, 4.69) is 4.90 Å². The number of aliphatic hydroxyl groups is 1. The summed E-state index contributed by atoms with van der Waals surface area (Å²) in [5.41, 5.74) is 0. The van der Waals surface area contributed by atoms with E-state index in [4.69, 9.17) is 5.11 Å². The maximum atomic E-state index is 10.3. The minimum absolute atomic E-state index is 0.175. The van der Waals surface area contributed by atoms with Crippen molar-refractivity contribution < 1.29 is 15.0 Å². The van der Waals surface area contributed by atoms with Gasteiger partial charge in [-0.1, -0.05) is 6.92 Å². The third kappa shape index (κ3) is 3.64. The normalized spacial score (nSPS) is 29.0. The van der Waals surface area contributed by atoms with Gasteiger partial charge in [0, 0.05) is 19.5 Å². The Hall–Kier alpha value is -0.610. The molecule has 0 radical (unpaired) electrons. The molecule has 0 amide bonds. The SMILES string of the molecule is CC1CN(CCCC(=O)O)CCC1O. The first-order valence-electron chi connectivity index (χ1n) is 5.22. The van der Waals surface area contributed by atoms with Crippen LogP contribution >= 0.6 is 0 Å². The highest BCUT2D eigenvalue weighted by molar-refractivity contribution is 5.66. The van der Waals surface area contributed by atoms with Crippen LogP contribution in [0, 0.1) is 5.92 Å². The molecular formula is C10H19NO3. The zero-order valence-electron chi connectivity index (χ0n) is 8.65. The molecule has 14 heavy (non-hydrogen) atoms. The highest BCUT2D eigenvalue weighted by atomic mass is 16.4. The first kappa shape index (κ1) is 11.5. The number of carbonyl (C=O) groups is 1. The molecule has 2 N–H and O–H groups in total. The lowest BCUT2D eigenvalue weighted by Crippen LogP contribution is -2.42. The molecule has 1 aliphatic heterocycles. The average molecular weight is 201 g/mol. The standard InChI is InChI=1S/C10H19NO3/c1-8-7-11(6-4-9(8)12)5-2-3-10(13)14/h8-9,12H,2-7H2,1H3,(H,13,14). The number of aliphatic hydroxyl groups excluding tert-OH is 1. The molecule has 0 aromatic rings. The first-order chi connectivity index (χ1) is 6.59. The largest absolute Gasteiger partial charge is 0.481 e. The molecule has 0 aromatic heterocycles. The van der Waals surface area contributed by atoms with Crippen LogP contribution in [0.5, 0.6) is 0 Å². The molecule has 4 nitrogen and oxygen atoms in total. The molecule has 1 aliphatic rings.